The van der Waals surface area contributed by atoms with Crippen molar-refractivity contribution in [3.63, 3.8) is 0 Å². The highest BCUT2D eigenvalue weighted by atomic mass is 16.5. The first-order chi connectivity index (χ1) is 10.7. The highest BCUT2D eigenvalue weighted by Gasteiger charge is 2.52. The van der Waals surface area contributed by atoms with Gasteiger partial charge < -0.3 is 14.7 Å². The second-order valence-corrected chi connectivity index (χ2v) is 6.48. The molecule has 0 aliphatic carbocycles. The normalized spacial score (nSPS) is 23.1. The van der Waals surface area contributed by atoms with Crippen LogP contribution in [-0.2, 0) is 16.0 Å². The van der Waals surface area contributed by atoms with Crippen molar-refractivity contribution in [1.82, 2.24) is 15.1 Å². The van der Waals surface area contributed by atoms with Crippen molar-refractivity contribution in [2.45, 2.75) is 6.42 Å². The molecule has 2 aromatic rings. The van der Waals surface area contributed by atoms with Gasteiger partial charge in [-0.25, -0.2) is 0 Å². The topological polar surface area (TPSA) is 78.5 Å². The molecule has 1 amide bonds. The number of nitrogens with one attached hydrogen (secondary N) is 1. The second-order valence-electron chi connectivity index (χ2n) is 6.48. The number of aliphatic hydroxyl groups excluding tert-OH is 1. The summed E-state index contributed by atoms with van der Waals surface area (Å²) in [5, 5.41) is 17.5. The number of likely N-dealkylation sites (tertiary alicyclic amines) is 1. The minimum absolute atomic E-state index is 0.0161. The second kappa shape index (κ2) is 5.07. The van der Waals surface area contributed by atoms with E-state index < -0.39 is 0 Å². The molecule has 4 rings (SSSR count). The van der Waals surface area contributed by atoms with E-state index in [0.717, 1.165) is 16.5 Å². The lowest BCUT2D eigenvalue weighted by Gasteiger charge is -2.41. The number of benzene rings is 1. The number of carbonyl (C=O) groups is 1. The molecule has 0 bridgehead atoms. The highest BCUT2D eigenvalue weighted by Crippen LogP contribution is 2.42. The van der Waals surface area contributed by atoms with Gasteiger partial charge in [0.05, 0.1) is 31.3 Å². The van der Waals surface area contributed by atoms with Gasteiger partial charge in [-0.2, -0.15) is 5.10 Å². The van der Waals surface area contributed by atoms with Crippen molar-refractivity contribution >= 4 is 16.8 Å². The van der Waals surface area contributed by atoms with E-state index in [1.54, 1.807) is 6.20 Å². The average Bonchev–Trinajstić information content (AvgIpc) is 3.10. The molecule has 2 N–H and O–H groups in total. The van der Waals surface area contributed by atoms with Crippen LogP contribution < -0.4 is 0 Å². The lowest BCUT2D eigenvalue weighted by atomic mass is 9.77. The van der Waals surface area contributed by atoms with Crippen molar-refractivity contribution < 1.29 is 14.6 Å². The van der Waals surface area contributed by atoms with Crippen LogP contribution in [0.3, 0.4) is 0 Å². The van der Waals surface area contributed by atoms with E-state index in [-0.39, 0.29) is 23.8 Å². The number of fused-ring (bicyclic) bond motifs is 1. The third kappa shape index (κ3) is 2.10. The summed E-state index contributed by atoms with van der Waals surface area (Å²) in [6, 6.07) is 5.92. The predicted octanol–water partition coefficient (Wildman–Crippen LogP) is 0.573. The lowest BCUT2D eigenvalue weighted by molar-refractivity contribution is -0.140. The third-order valence-corrected chi connectivity index (χ3v) is 5.03. The van der Waals surface area contributed by atoms with Crippen LogP contribution in [0.15, 0.2) is 24.4 Å². The molecule has 2 aliphatic heterocycles. The van der Waals surface area contributed by atoms with Crippen molar-refractivity contribution in [2.24, 2.45) is 11.3 Å². The molecular formula is C16H19N3O3. The van der Waals surface area contributed by atoms with Gasteiger partial charge in [-0.05, 0) is 11.6 Å². The van der Waals surface area contributed by atoms with E-state index in [1.165, 1.54) is 0 Å². The van der Waals surface area contributed by atoms with Crippen LogP contribution in [-0.4, -0.2) is 59.0 Å². The molecule has 2 aliphatic rings. The molecule has 1 atom stereocenters. The molecule has 1 unspecified atom stereocenters. The first-order valence-corrected chi connectivity index (χ1v) is 7.59. The highest BCUT2D eigenvalue weighted by molar-refractivity contribution is 5.83. The molecule has 1 aromatic heterocycles. The molecule has 1 aromatic carbocycles. The van der Waals surface area contributed by atoms with Crippen molar-refractivity contribution in [1.29, 1.82) is 0 Å². The molecule has 0 saturated carbocycles. The van der Waals surface area contributed by atoms with Crippen LogP contribution in [0.2, 0.25) is 0 Å². The van der Waals surface area contributed by atoms with Crippen LogP contribution in [0.5, 0.6) is 0 Å². The zero-order valence-electron chi connectivity index (χ0n) is 12.3. The van der Waals surface area contributed by atoms with Crippen LogP contribution in [0.25, 0.3) is 10.9 Å². The number of aromatic nitrogens is 2. The summed E-state index contributed by atoms with van der Waals surface area (Å²) in [5.41, 5.74) is 1.91. The fourth-order valence-electron chi connectivity index (χ4n) is 3.55. The Hall–Kier alpha value is -1.92. The number of aliphatic hydroxyl groups is 1. The average molecular weight is 301 g/mol. The van der Waals surface area contributed by atoms with Gasteiger partial charge in [-0.15, -0.1) is 0 Å². The molecule has 6 heteroatoms. The summed E-state index contributed by atoms with van der Waals surface area (Å²) in [4.78, 5) is 14.4. The van der Waals surface area contributed by atoms with Crippen LogP contribution >= 0.6 is 0 Å². The number of amides is 1. The molecule has 0 radical (unpaired) electrons. The molecule has 3 heterocycles. The zero-order chi connectivity index (χ0) is 15.2. The summed E-state index contributed by atoms with van der Waals surface area (Å²) in [6.45, 7) is 2.76. The van der Waals surface area contributed by atoms with Crippen molar-refractivity contribution in [3.05, 3.63) is 30.0 Å². The maximum atomic E-state index is 12.6. The number of aromatic amines is 1. The summed E-state index contributed by atoms with van der Waals surface area (Å²) in [6.07, 6.45) is 2.15. The van der Waals surface area contributed by atoms with Crippen molar-refractivity contribution in [3.8, 4) is 0 Å². The number of carbonyl (C=O) groups excluding carboxylic acids is 1. The number of ether oxygens (including phenoxy) is 1. The SMILES string of the molecule is O=C(Cc1ccc2cn[nH]c2c1)N1CC(CO)C2(COC2)C1. The largest absolute Gasteiger partial charge is 0.396 e. The molecule has 1 spiro atoms. The Labute approximate surface area is 128 Å². The van der Waals surface area contributed by atoms with Crippen LogP contribution in [0, 0.1) is 11.3 Å². The number of H-pyrrole nitrogens is 1. The maximum absolute atomic E-state index is 12.6. The number of nitrogens with zero attached hydrogens (tertiary/aromatic N) is 2. The first-order valence-electron chi connectivity index (χ1n) is 7.59. The Morgan fingerprint density at radius 1 is 1.50 bits per heavy atom. The van der Waals surface area contributed by atoms with Gasteiger partial charge in [0.2, 0.25) is 5.91 Å². The van der Waals surface area contributed by atoms with Gasteiger partial charge in [0.15, 0.2) is 0 Å². The predicted molar refractivity (Wildman–Crippen MR) is 80.2 cm³/mol. The smallest absolute Gasteiger partial charge is 0.227 e. The van der Waals surface area contributed by atoms with Gasteiger partial charge in [0.1, 0.15) is 0 Å². The monoisotopic (exact) mass is 301 g/mol. The zero-order valence-corrected chi connectivity index (χ0v) is 12.3. The fraction of sp³-hybridized carbons (Fsp3) is 0.500. The van der Waals surface area contributed by atoms with E-state index >= 15 is 0 Å². The molecular weight excluding hydrogens is 282 g/mol. The Bertz CT molecular complexity index is 707. The summed E-state index contributed by atoms with van der Waals surface area (Å²) in [7, 11) is 0. The van der Waals surface area contributed by atoms with Gasteiger partial charge in [0.25, 0.3) is 0 Å². The van der Waals surface area contributed by atoms with E-state index in [1.807, 2.05) is 23.1 Å². The van der Waals surface area contributed by atoms with Gasteiger partial charge in [-0.1, -0.05) is 12.1 Å². The lowest BCUT2D eigenvalue weighted by Crippen LogP contribution is -2.50. The van der Waals surface area contributed by atoms with E-state index in [2.05, 4.69) is 10.2 Å². The van der Waals surface area contributed by atoms with E-state index in [4.69, 9.17) is 4.74 Å². The van der Waals surface area contributed by atoms with Gasteiger partial charge in [0, 0.05) is 36.4 Å². The molecule has 2 fully saturated rings. The Morgan fingerprint density at radius 2 is 2.36 bits per heavy atom. The molecule has 6 nitrogen and oxygen atoms in total. The quantitative estimate of drug-likeness (QED) is 0.869. The standard InChI is InChI=1S/C16H19N3O3/c20-7-13-6-19(8-16(13)9-22-10-16)15(21)4-11-1-2-12-5-17-18-14(12)3-11/h1-3,5,13,20H,4,6-10H2,(H,17,18). The van der Waals surface area contributed by atoms with Gasteiger partial charge >= 0.3 is 0 Å². The summed E-state index contributed by atoms with van der Waals surface area (Å²) >= 11 is 0. The Morgan fingerprint density at radius 3 is 3.05 bits per heavy atom. The number of hydrogen-bond acceptors (Lipinski definition) is 4. The molecule has 22 heavy (non-hydrogen) atoms. The van der Waals surface area contributed by atoms with Gasteiger partial charge in [-0.3, -0.25) is 9.89 Å². The fourth-order valence-corrected chi connectivity index (χ4v) is 3.55. The van der Waals surface area contributed by atoms with E-state index in [0.29, 0.717) is 32.7 Å². The van der Waals surface area contributed by atoms with Crippen molar-refractivity contribution in [2.75, 3.05) is 32.9 Å². The molecule has 116 valence electrons. The third-order valence-electron chi connectivity index (χ3n) is 5.03. The minimum Gasteiger partial charge on any atom is -0.396 e. The summed E-state index contributed by atoms with van der Waals surface area (Å²) in [5.74, 6) is 0.251. The Kier molecular flexibility index (Phi) is 3.16. The minimum atomic E-state index is -0.0161. The van der Waals surface area contributed by atoms with E-state index in [9.17, 15) is 9.90 Å². The first kappa shape index (κ1) is 13.7. The number of hydrogen-bond donors (Lipinski definition) is 2. The van der Waals surface area contributed by atoms with Crippen LogP contribution in [0.1, 0.15) is 5.56 Å². The summed E-state index contributed by atoms with van der Waals surface area (Å²) < 4.78 is 5.32. The van der Waals surface area contributed by atoms with Crippen LogP contribution in [0.4, 0.5) is 0 Å². The molecule has 2 saturated heterocycles. The number of rotatable bonds is 3. The Balaban J connectivity index is 1.48. The maximum Gasteiger partial charge on any atom is 0.227 e.